The first-order valence-corrected chi connectivity index (χ1v) is 7.37. The van der Waals surface area contributed by atoms with E-state index in [4.69, 9.17) is 11.6 Å². The molecule has 0 unspecified atom stereocenters. The van der Waals surface area contributed by atoms with Crippen LogP contribution in [-0.4, -0.2) is 4.98 Å². The van der Waals surface area contributed by atoms with Crippen molar-refractivity contribution in [1.82, 2.24) is 10.3 Å². The second-order valence-corrected chi connectivity index (χ2v) is 5.56. The molecule has 0 aliphatic heterocycles. The van der Waals surface area contributed by atoms with E-state index >= 15 is 0 Å². The van der Waals surface area contributed by atoms with E-state index < -0.39 is 0 Å². The zero-order valence-corrected chi connectivity index (χ0v) is 12.2. The smallest absolute Gasteiger partial charge is 0.0926 e. The Morgan fingerprint density at radius 1 is 1.39 bits per heavy atom. The van der Waals surface area contributed by atoms with Gasteiger partial charge in [0.15, 0.2) is 0 Å². The highest BCUT2D eigenvalue weighted by Crippen LogP contribution is 2.22. The highest BCUT2D eigenvalue weighted by Gasteiger charge is 2.09. The Labute approximate surface area is 117 Å². The first kappa shape index (κ1) is 13.5. The molecule has 18 heavy (non-hydrogen) atoms. The van der Waals surface area contributed by atoms with Crippen molar-refractivity contribution in [1.29, 1.82) is 0 Å². The van der Waals surface area contributed by atoms with Crippen LogP contribution in [0.4, 0.5) is 0 Å². The van der Waals surface area contributed by atoms with Crippen molar-refractivity contribution in [3.63, 3.8) is 0 Å². The number of hydrogen-bond donors (Lipinski definition) is 1. The lowest BCUT2D eigenvalue weighted by atomic mass is 10.1. The van der Waals surface area contributed by atoms with E-state index in [2.05, 4.69) is 35.6 Å². The molecule has 2 nitrogen and oxygen atoms in total. The number of aromatic nitrogens is 1. The monoisotopic (exact) mass is 280 g/mol. The molecule has 2 rings (SSSR count). The average molecular weight is 281 g/mol. The molecular weight excluding hydrogens is 264 g/mol. The van der Waals surface area contributed by atoms with Crippen LogP contribution in [0.5, 0.6) is 0 Å². The van der Waals surface area contributed by atoms with Gasteiger partial charge in [-0.05, 0) is 25.0 Å². The van der Waals surface area contributed by atoms with Gasteiger partial charge in [0.2, 0.25) is 0 Å². The van der Waals surface area contributed by atoms with Crippen LogP contribution in [0.2, 0.25) is 5.02 Å². The Hall–Kier alpha value is -0.900. The lowest BCUT2D eigenvalue weighted by Crippen LogP contribution is -2.18. The van der Waals surface area contributed by atoms with Crippen molar-refractivity contribution < 1.29 is 0 Å². The van der Waals surface area contributed by atoms with Gasteiger partial charge in [-0.25, -0.2) is 4.98 Å². The number of nitrogens with zero attached hydrogens (tertiary/aromatic N) is 1. The maximum atomic E-state index is 6.17. The molecule has 0 radical (unpaired) electrons. The van der Waals surface area contributed by atoms with Crippen molar-refractivity contribution in [2.75, 3.05) is 0 Å². The minimum atomic E-state index is 0.227. The van der Waals surface area contributed by atoms with Gasteiger partial charge in [0.1, 0.15) is 0 Å². The van der Waals surface area contributed by atoms with Crippen molar-refractivity contribution in [3.05, 3.63) is 50.9 Å². The molecule has 0 saturated carbocycles. The van der Waals surface area contributed by atoms with E-state index in [-0.39, 0.29) is 6.04 Å². The van der Waals surface area contributed by atoms with Crippen LogP contribution in [0.25, 0.3) is 0 Å². The molecule has 1 atom stereocenters. The summed E-state index contributed by atoms with van der Waals surface area (Å²) >= 11 is 7.90. The molecule has 1 heterocycles. The number of benzene rings is 1. The van der Waals surface area contributed by atoms with Gasteiger partial charge in [0, 0.05) is 23.0 Å². The zero-order valence-electron chi connectivity index (χ0n) is 10.6. The minimum Gasteiger partial charge on any atom is -0.304 e. The van der Waals surface area contributed by atoms with Crippen LogP contribution in [0.1, 0.15) is 36.2 Å². The number of nitrogens with one attached hydrogen (secondary N) is 1. The quantitative estimate of drug-likeness (QED) is 0.887. The number of aryl methyl sites for hydroxylation is 1. The summed E-state index contributed by atoms with van der Waals surface area (Å²) in [6, 6.07) is 8.17. The van der Waals surface area contributed by atoms with Gasteiger partial charge in [-0.1, -0.05) is 36.7 Å². The second kappa shape index (κ2) is 6.32. The van der Waals surface area contributed by atoms with Crippen LogP contribution in [0, 0.1) is 0 Å². The number of rotatable bonds is 5. The Balaban J connectivity index is 1.96. The molecule has 0 fully saturated rings. The highest BCUT2D eigenvalue weighted by atomic mass is 35.5. The number of thiazole rings is 1. The standard InChI is InChI=1S/C14H17ClN2S/c1-3-14-17-11(9-18-14)8-16-10(2)12-6-4-5-7-13(12)15/h4-7,9-10,16H,3,8H2,1-2H3/t10-/m0/s1. The molecule has 1 aromatic heterocycles. The van der Waals surface area contributed by atoms with E-state index in [1.54, 1.807) is 11.3 Å². The summed E-state index contributed by atoms with van der Waals surface area (Å²) in [5.41, 5.74) is 2.24. The maximum Gasteiger partial charge on any atom is 0.0926 e. The van der Waals surface area contributed by atoms with Gasteiger partial charge in [-0.15, -0.1) is 11.3 Å². The van der Waals surface area contributed by atoms with Crippen LogP contribution in [0.3, 0.4) is 0 Å². The maximum absolute atomic E-state index is 6.17. The molecule has 96 valence electrons. The van der Waals surface area contributed by atoms with E-state index in [0.717, 1.165) is 29.2 Å². The van der Waals surface area contributed by atoms with Gasteiger partial charge < -0.3 is 5.32 Å². The summed E-state index contributed by atoms with van der Waals surface area (Å²) in [7, 11) is 0. The first-order valence-electron chi connectivity index (χ1n) is 6.11. The predicted octanol–water partition coefficient (Wildman–Crippen LogP) is 4.21. The molecule has 0 aliphatic carbocycles. The Bertz CT molecular complexity index is 510. The molecule has 1 N–H and O–H groups in total. The third-order valence-electron chi connectivity index (χ3n) is 2.86. The summed E-state index contributed by atoms with van der Waals surface area (Å²) in [4.78, 5) is 4.54. The molecule has 0 saturated heterocycles. The van der Waals surface area contributed by atoms with E-state index in [1.807, 2.05) is 18.2 Å². The minimum absolute atomic E-state index is 0.227. The highest BCUT2D eigenvalue weighted by molar-refractivity contribution is 7.09. The molecule has 2 aromatic rings. The Kier molecular flexibility index (Phi) is 4.75. The molecular formula is C14H17ClN2S. The SMILES string of the molecule is CCc1nc(CN[C@@H](C)c2ccccc2Cl)cs1. The van der Waals surface area contributed by atoms with Crippen molar-refractivity contribution in [2.45, 2.75) is 32.9 Å². The Morgan fingerprint density at radius 2 is 2.17 bits per heavy atom. The van der Waals surface area contributed by atoms with Gasteiger partial charge in [0.25, 0.3) is 0 Å². The summed E-state index contributed by atoms with van der Waals surface area (Å²) in [5, 5.41) is 7.57. The van der Waals surface area contributed by atoms with Crippen molar-refractivity contribution >= 4 is 22.9 Å². The van der Waals surface area contributed by atoms with Crippen LogP contribution >= 0.6 is 22.9 Å². The summed E-state index contributed by atoms with van der Waals surface area (Å²) in [5.74, 6) is 0. The molecule has 0 amide bonds. The third-order valence-corrected chi connectivity index (χ3v) is 4.25. The fourth-order valence-electron chi connectivity index (χ4n) is 1.79. The van der Waals surface area contributed by atoms with E-state index in [9.17, 15) is 0 Å². The molecule has 4 heteroatoms. The fraction of sp³-hybridized carbons (Fsp3) is 0.357. The summed E-state index contributed by atoms with van der Waals surface area (Å²) in [6.45, 7) is 5.03. The summed E-state index contributed by atoms with van der Waals surface area (Å²) in [6.07, 6.45) is 1.00. The Morgan fingerprint density at radius 3 is 2.83 bits per heavy atom. The third kappa shape index (κ3) is 3.31. The largest absolute Gasteiger partial charge is 0.304 e. The first-order chi connectivity index (χ1) is 8.70. The average Bonchev–Trinajstić information content (AvgIpc) is 2.84. The van der Waals surface area contributed by atoms with Crippen LogP contribution in [-0.2, 0) is 13.0 Å². The van der Waals surface area contributed by atoms with Crippen LogP contribution < -0.4 is 5.32 Å². The molecule has 1 aromatic carbocycles. The fourth-order valence-corrected chi connectivity index (χ4v) is 2.83. The number of hydrogen-bond acceptors (Lipinski definition) is 3. The predicted molar refractivity (Wildman–Crippen MR) is 78.2 cm³/mol. The lowest BCUT2D eigenvalue weighted by Gasteiger charge is -2.14. The van der Waals surface area contributed by atoms with E-state index in [0.29, 0.717) is 0 Å². The zero-order chi connectivity index (χ0) is 13.0. The van der Waals surface area contributed by atoms with Crippen molar-refractivity contribution in [3.8, 4) is 0 Å². The van der Waals surface area contributed by atoms with Crippen molar-refractivity contribution in [2.24, 2.45) is 0 Å². The lowest BCUT2D eigenvalue weighted by molar-refractivity contribution is 0.568. The summed E-state index contributed by atoms with van der Waals surface area (Å²) < 4.78 is 0. The van der Waals surface area contributed by atoms with Gasteiger partial charge in [-0.3, -0.25) is 0 Å². The van der Waals surface area contributed by atoms with E-state index in [1.165, 1.54) is 5.01 Å². The second-order valence-electron chi connectivity index (χ2n) is 4.21. The molecule has 0 spiro atoms. The number of halogens is 1. The normalized spacial score (nSPS) is 12.6. The topological polar surface area (TPSA) is 24.9 Å². The van der Waals surface area contributed by atoms with Crippen LogP contribution in [0.15, 0.2) is 29.6 Å². The van der Waals surface area contributed by atoms with Gasteiger partial charge in [0.05, 0.1) is 10.7 Å². The van der Waals surface area contributed by atoms with Gasteiger partial charge in [-0.2, -0.15) is 0 Å². The molecule has 0 aliphatic rings. The molecule has 0 bridgehead atoms. The van der Waals surface area contributed by atoms with Gasteiger partial charge >= 0.3 is 0 Å².